The lowest BCUT2D eigenvalue weighted by Gasteiger charge is -2.43. The maximum Gasteiger partial charge on any atom is 0.416 e. The van der Waals surface area contributed by atoms with Crippen LogP contribution in [0.15, 0.2) is 24.3 Å². The first-order chi connectivity index (χ1) is 12.3. The molecule has 1 heterocycles. The van der Waals surface area contributed by atoms with Crippen LogP contribution in [0.1, 0.15) is 49.7 Å². The molecule has 1 unspecified atom stereocenters. The molecule has 3 fully saturated rings. The van der Waals surface area contributed by atoms with E-state index in [1.54, 1.807) is 6.07 Å². The molecule has 2 N–H and O–H groups in total. The van der Waals surface area contributed by atoms with Crippen LogP contribution in [0.2, 0.25) is 0 Å². The number of piperidine rings is 1. The first-order valence-electron chi connectivity index (χ1n) is 9.51. The van der Waals surface area contributed by atoms with Crippen molar-refractivity contribution < 1.29 is 18.0 Å². The van der Waals surface area contributed by atoms with Crippen molar-refractivity contribution in [2.24, 2.45) is 11.3 Å². The second-order valence-electron chi connectivity index (χ2n) is 8.30. The normalized spacial score (nSPS) is 26.2. The molecular weight excluding hydrogens is 341 g/mol. The third kappa shape index (κ3) is 3.13. The van der Waals surface area contributed by atoms with Gasteiger partial charge in [0.05, 0.1) is 5.56 Å². The number of nitrogens with one attached hydrogen (secondary N) is 2. The zero-order valence-electron chi connectivity index (χ0n) is 14.8. The van der Waals surface area contributed by atoms with Crippen LogP contribution in [0, 0.1) is 11.3 Å². The maximum atomic E-state index is 13.0. The standard InChI is InChI=1S/C20H25F3N2O/c21-20(22,23)15-4-1-3-14(11-15)19(5-2-6-19)13-25-17(26)16-12-18(16)7-9-24-10-8-18/h1,3-4,11,16,24H,2,5-10,12-13H2,(H,25,26). The van der Waals surface area contributed by atoms with Gasteiger partial charge in [-0.1, -0.05) is 24.6 Å². The van der Waals surface area contributed by atoms with E-state index < -0.39 is 11.7 Å². The van der Waals surface area contributed by atoms with Gasteiger partial charge in [-0.25, -0.2) is 0 Å². The van der Waals surface area contributed by atoms with Gasteiger partial charge in [0.2, 0.25) is 5.91 Å². The van der Waals surface area contributed by atoms with Crippen LogP contribution in [0.3, 0.4) is 0 Å². The number of carbonyl (C=O) groups is 1. The van der Waals surface area contributed by atoms with Gasteiger partial charge in [-0.15, -0.1) is 0 Å². The van der Waals surface area contributed by atoms with Crippen molar-refractivity contribution in [3.8, 4) is 0 Å². The minimum absolute atomic E-state index is 0.0863. The van der Waals surface area contributed by atoms with Crippen LogP contribution in [0.4, 0.5) is 13.2 Å². The summed E-state index contributed by atoms with van der Waals surface area (Å²) in [5.41, 5.74) is -0.0690. The lowest BCUT2D eigenvalue weighted by molar-refractivity contribution is -0.137. The average molecular weight is 366 g/mol. The van der Waals surface area contributed by atoms with E-state index in [4.69, 9.17) is 0 Å². The number of benzene rings is 1. The summed E-state index contributed by atoms with van der Waals surface area (Å²) in [4.78, 5) is 12.6. The fourth-order valence-corrected chi connectivity index (χ4v) is 4.77. The molecule has 1 aromatic carbocycles. The molecule has 1 aliphatic heterocycles. The Hall–Kier alpha value is -1.56. The van der Waals surface area contributed by atoms with Gasteiger partial charge in [-0.05, 0) is 62.2 Å². The molecule has 4 rings (SSSR count). The summed E-state index contributed by atoms with van der Waals surface area (Å²) < 4.78 is 39.1. The van der Waals surface area contributed by atoms with E-state index in [-0.39, 0.29) is 22.7 Å². The van der Waals surface area contributed by atoms with E-state index >= 15 is 0 Å². The van der Waals surface area contributed by atoms with E-state index in [2.05, 4.69) is 10.6 Å². The molecule has 1 aromatic rings. The summed E-state index contributed by atoms with van der Waals surface area (Å²) >= 11 is 0. The SMILES string of the molecule is O=C(NCC1(c2cccc(C(F)(F)F)c2)CCC1)C1CC12CCNCC2. The van der Waals surface area contributed by atoms with Crippen molar-refractivity contribution in [3.05, 3.63) is 35.4 Å². The minimum atomic E-state index is -4.33. The molecule has 2 aliphatic carbocycles. The number of carbonyl (C=O) groups excluding carboxylic acids is 1. The Labute approximate surface area is 151 Å². The van der Waals surface area contributed by atoms with Crippen molar-refractivity contribution in [1.82, 2.24) is 10.6 Å². The van der Waals surface area contributed by atoms with Crippen LogP contribution in [-0.4, -0.2) is 25.5 Å². The molecule has 2 saturated carbocycles. The first-order valence-corrected chi connectivity index (χ1v) is 9.51. The van der Waals surface area contributed by atoms with Gasteiger partial charge in [0.15, 0.2) is 0 Å². The van der Waals surface area contributed by atoms with Gasteiger partial charge >= 0.3 is 6.18 Å². The van der Waals surface area contributed by atoms with E-state index in [0.717, 1.165) is 57.7 Å². The highest BCUT2D eigenvalue weighted by Gasteiger charge is 2.57. The average Bonchev–Trinajstić information content (AvgIpc) is 3.27. The van der Waals surface area contributed by atoms with Gasteiger partial charge in [-0.3, -0.25) is 4.79 Å². The topological polar surface area (TPSA) is 41.1 Å². The predicted molar refractivity (Wildman–Crippen MR) is 92.6 cm³/mol. The van der Waals surface area contributed by atoms with Crippen molar-refractivity contribution in [1.29, 1.82) is 0 Å². The van der Waals surface area contributed by atoms with Crippen molar-refractivity contribution in [2.75, 3.05) is 19.6 Å². The third-order valence-corrected chi connectivity index (χ3v) is 6.82. The summed E-state index contributed by atoms with van der Waals surface area (Å²) in [5, 5.41) is 6.40. The summed E-state index contributed by atoms with van der Waals surface area (Å²) in [6, 6.07) is 5.62. The number of rotatable bonds is 4. The van der Waals surface area contributed by atoms with Gasteiger partial charge in [0.25, 0.3) is 0 Å². The van der Waals surface area contributed by atoms with Crippen molar-refractivity contribution in [3.63, 3.8) is 0 Å². The lowest BCUT2D eigenvalue weighted by atomic mass is 9.64. The van der Waals surface area contributed by atoms with Crippen LogP contribution < -0.4 is 10.6 Å². The third-order valence-electron chi connectivity index (χ3n) is 6.82. The Bertz CT molecular complexity index is 691. The zero-order chi connectivity index (χ0) is 18.4. The minimum Gasteiger partial charge on any atom is -0.355 e. The summed E-state index contributed by atoms with van der Waals surface area (Å²) in [7, 11) is 0. The van der Waals surface area contributed by atoms with Crippen LogP contribution in [-0.2, 0) is 16.4 Å². The molecule has 1 atom stereocenters. The number of amides is 1. The van der Waals surface area contributed by atoms with E-state index in [1.807, 2.05) is 0 Å². The molecule has 6 heteroatoms. The fraction of sp³-hybridized carbons (Fsp3) is 0.650. The van der Waals surface area contributed by atoms with Gasteiger partial charge in [0, 0.05) is 17.9 Å². The summed E-state index contributed by atoms with van der Waals surface area (Å²) in [6.45, 7) is 2.38. The highest BCUT2D eigenvalue weighted by Crippen LogP contribution is 2.58. The van der Waals surface area contributed by atoms with Crippen molar-refractivity contribution in [2.45, 2.75) is 50.1 Å². The Morgan fingerprint density at radius 3 is 2.54 bits per heavy atom. The largest absolute Gasteiger partial charge is 0.416 e. The van der Waals surface area contributed by atoms with Gasteiger partial charge in [0.1, 0.15) is 0 Å². The second kappa shape index (κ2) is 6.25. The number of halogens is 3. The molecule has 3 nitrogen and oxygen atoms in total. The van der Waals surface area contributed by atoms with E-state index in [9.17, 15) is 18.0 Å². The predicted octanol–water partition coefficient (Wildman–Crippen LogP) is 3.63. The smallest absolute Gasteiger partial charge is 0.355 e. The lowest BCUT2D eigenvalue weighted by Crippen LogP contribution is -2.46. The highest BCUT2D eigenvalue weighted by molar-refractivity contribution is 5.82. The molecule has 1 spiro atoms. The fourth-order valence-electron chi connectivity index (χ4n) is 4.77. The van der Waals surface area contributed by atoms with Crippen molar-refractivity contribution >= 4 is 5.91 Å². The molecule has 26 heavy (non-hydrogen) atoms. The monoisotopic (exact) mass is 366 g/mol. The number of alkyl halides is 3. The summed E-state index contributed by atoms with van der Waals surface area (Å²) in [6.07, 6.45) is 1.36. The molecular formula is C20H25F3N2O. The second-order valence-corrected chi connectivity index (χ2v) is 8.30. The maximum absolute atomic E-state index is 13.0. The molecule has 0 aromatic heterocycles. The van der Waals surface area contributed by atoms with Crippen LogP contribution in [0.5, 0.6) is 0 Å². The Morgan fingerprint density at radius 1 is 1.19 bits per heavy atom. The zero-order valence-corrected chi connectivity index (χ0v) is 14.8. The van der Waals surface area contributed by atoms with Gasteiger partial charge in [-0.2, -0.15) is 13.2 Å². The number of hydrogen-bond donors (Lipinski definition) is 2. The Balaban J connectivity index is 1.42. The Morgan fingerprint density at radius 2 is 1.92 bits per heavy atom. The molecule has 1 saturated heterocycles. The Kier molecular flexibility index (Phi) is 4.29. The molecule has 3 aliphatic rings. The van der Waals surface area contributed by atoms with Gasteiger partial charge < -0.3 is 10.6 Å². The first kappa shape index (κ1) is 17.8. The molecule has 1 amide bonds. The summed E-state index contributed by atoms with van der Waals surface area (Å²) in [5.74, 6) is 0.174. The van der Waals surface area contributed by atoms with Crippen LogP contribution >= 0.6 is 0 Å². The number of hydrogen-bond acceptors (Lipinski definition) is 2. The quantitative estimate of drug-likeness (QED) is 0.854. The van der Waals surface area contributed by atoms with E-state index in [1.165, 1.54) is 12.1 Å². The molecule has 0 bridgehead atoms. The molecule has 142 valence electrons. The highest BCUT2D eigenvalue weighted by atomic mass is 19.4. The molecule has 0 radical (unpaired) electrons. The van der Waals surface area contributed by atoms with E-state index in [0.29, 0.717) is 12.1 Å². The van der Waals surface area contributed by atoms with Crippen LogP contribution in [0.25, 0.3) is 0 Å².